The van der Waals surface area contributed by atoms with Crippen molar-refractivity contribution in [2.24, 2.45) is 5.92 Å². The van der Waals surface area contributed by atoms with Crippen LogP contribution >= 0.6 is 0 Å². The summed E-state index contributed by atoms with van der Waals surface area (Å²) in [5, 5.41) is 0. The Balaban J connectivity index is 3.63. The van der Waals surface area contributed by atoms with Gasteiger partial charge in [-0.05, 0) is 25.1 Å². The molecule has 0 aromatic rings. The highest BCUT2D eigenvalue weighted by Crippen LogP contribution is 2.16. The molecule has 0 aliphatic carbocycles. The minimum Gasteiger partial charge on any atom is -0.461 e. The molecule has 0 N–H and O–H groups in total. The Morgan fingerprint density at radius 1 is 1.40 bits per heavy atom. The van der Waals surface area contributed by atoms with E-state index in [1.807, 2.05) is 0 Å². The smallest absolute Gasteiger partial charge is 0.173 e. The van der Waals surface area contributed by atoms with Crippen molar-refractivity contribution in [1.82, 2.24) is 0 Å². The standard InChI is InChI=1S/C7H20OSi2/c1-7(2)6-10(4,5)8-9-3/h7H,6,9H2,1-5H3. The third-order valence-electron chi connectivity index (χ3n) is 1.43. The summed E-state index contributed by atoms with van der Waals surface area (Å²) in [6.45, 7) is 11.4. The number of rotatable bonds is 4. The Bertz CT molecular complexity index is 91.6. The van der Waals surface area contributed by atoms with Crippen LogP contribution in [0.15, 0.2) is 0 Å². The molecule has 0 saturated carbocycles. The minimum atomic E-state index is -1.20. The molecule has 0 heterocycles. The van der Waals surface area contributed by atoms with E-state index in [0.29, 0.717) is 0 Å². The Kier molecular flexibility index (Phi) is 4.48. The second-order valence-corrected chi connectivity index (χ2v) is 9.45. The average Bonchev–Trinajstić information content (AvgIpc) is 1.59. The lowest BCUT2D eigenvalue weighted by Gasteiger charge is -2.24. The molecule has 0 rings (SSSR count). The number of hydrogen-bond donors (Lipinski definition) is 0. The number of hydrogen-bond acceptors (Lipinski definition) is 1. The minimum absolute atomic E-state index is 0.171. The van der Waals surface area contributed by atoms with Crippen molar-refractivity contribution >= 4 is 18.1 Å². The lowest BCUT2D eigenvalue weighted by Crippen LogP contribution is -2.32. The van der Waals surface area contributed by atoms with Crippen molar-refractivity contribution in [3.63, 3.8) is 0 Å². The first-order valence-electron chi connectivity index (χ1n) is 4.12. The van der Waals surface area contributed by atoms with Gasteiger partial charge in [0, 0.05) is 0 Å². The largest absolute Gasteiger partial charge is 0.461 e. The van der Waals surface area contributed by atoms with E-state index in [1.165, 1.54) is 6.04 Å². The van der Waals surface area contributed by atoms with Gasteiger partial charge in [0.1, 0.15) is 9.76 Å². The monoisotopic (exact) mass is 176 g/mol. The van der Waals surface area contributed by atoms with Crippen LogP contribution in [0.25, 0.3) is 0 Å². The van der Waals surface area contributed by atoms with E-state index >= 15 is 0 Å². The summed E-state index contributed by atoms with van der Waals surface area (Å²) in [4.78, 5) is 0. The molecule has 10 heavy (non-hydrogen) atoms. The van der Waals surface area contributed by atoms with Crippen molar-refractivity contribution in [3.05, 3.63) is 0 Å². The molecule has 62 valence electrons. The Labute approximate surface area is 68.2 Å². The highest BCUT2D eigenvalue weighted by atomic mass is 28.4. The molecule has 0 aromatic carbocycles. The Hall–Kier alpha value is 0.394. The maximum atomic E-state index is 5.82. The molecule has 0 aliphatic rings. The predicted octanol–water partition coefficient (Wildman–Crippen LogP) is 2.00. The summed E-state index contributed by atoms with van der Waals surface area (Å²) in [6, 6.07) is 1.31. The third kappa shape index (κ3) is 5.20. The topological polar surface area (TPSA) is 9.23 Å². The van der Waals surface area contributed by atoms with Gasteiger partial charge in [0.25, 0.3) is 0 Å². The highest BCUT2D eigenvalue weighted by Gasteiger charge is 2.21. The van der Waals surface area contributed by atoms with Crippen LogP contribution in [0.2, 0.25) is 25.7 Å². The molecular weight excluding hydrogens is 156 g/mol. The van der Waals surface area contributed by atoms with E-state index in [0.717, 1.165) is 5.92 Å². The molecule has 0 aliphatic heterocycles. The van der Waals surface area contributed by atoms with Gasteiger partial charge in [-0.3, -0.25) is 0 Å². The van der Waals surface area contributed by atoms with Gasteiger partial charge in [0.05, 0.1) is 0 Å². The molecule has 0 atom stereocenters. The maximum Gasteiger partial charge on any atom is 0.173 e. The second kappa shape index (κ2) is 4.31. The van der Waals surface area contributed by atoms with E-state index < -0.39 is 8.32 Å². The molecule has 3 heteroatoms. The van der Waals surface area contributed by atoms with Gasteiger partial charge in [-0.2, -0.15) is 0 Å². The summed E-state index contributed by atoms with van der Waals surface area (Å²) in [5.74, 6) is 0.808. The summed E-state index contributed by atoms with van der Waals surface area (Å²) >= 11 is 0. The first-order chi connectivity index (χ1) is 4.48. The fraction of sp³-hybridized carbons (Fsp3) is 1.00. The van der Waals surface area contributed by atoms with Crippen LogP contribution < -0.4 is 0 Å². The summed E-state index contributed by atoms with van der Waals surface area (Å²) in [5.41, 5.74) is 0. The van der Waals surface area contributed by atoms with Gasteiger partial charge in [-0.15, -0.1) is 0 Å². The summed E-state index contributed by atoms with van der Waals surface area (Å²) < 4.78 is 5.82. The molecule has 0 amide bonds. The summed E-state index contributed by atoms with van der Waals surface area (Å²) in [6.07, 6.45) is 0. The van der Waals surface area contributed by atoms with Gasteiger partial charge >= 0.3 is 0 Å². The zero-order valence-electron chi connectivity index (χ0n) is 7.90. The SMILES string of the molecule is C[SiH2]O[Si](C)(C)CC(C)C. The maximum absolute atomic E-state index is 5.82. The molecule has 1 nitrogen and oxygen atoms in total. The molecule has 0 aromatic heterocycles. The zero-order valence-corrected chi connectivity index (χ0v) is 10.3. The fourth-order valence-electron chi connectivity index (χ4n) is 1.43. The zero-order chi connectivity index (χ0) is 8.20. The van der Waals surface area contributed by atoms with Gasteiger partial charge in [0.15, 0.2) is 8.32 Å². The van der Waals surface area contributed by atoms with Gasteiger partial charge in [-0.1, -0.05) is 20.4 Å². The van der Waals surface area contributed by atoms with Crippen molar-refractivity contribution in [2.45, 2.75) is 39.5 Å². The van der Waals surface area contributed by atoms with Crippen LogP contribution in [0.4, 0.5) is 0 Å². The van der Waals surface area contributed by atoms with E-state index in [2.05, 4.69) is 33.5 Å². The second-order valence-electron chi connectivity index (χ2n) is 3.79. The van der Waals surface area contributed by atoms with Crippen molar-refractivity contribution in [3.8, 4) is 0 Å². The van der Waals surface area contributed by atoms with E-state index in [9.17, 15) is 0 Å². The predicted molar refractivity (Wildman–Crippen MR) is 52.6 cm³/mol. The quantitative estimate of drug-likeness (QED) is 0.595. The molecule has 0 unspecified atom stereocenters. The van der Waals surface area contributed by atoms with Gasteiger partial charge in [-0.25, -0.2) is 0 Å². The lowest BCUT2D eigenvalue weighted by atomic mass is 10.3. The van der Waals surface area contributed by atoms with Gasteiger partial charge < -0.3 is 4.12 Å². The van der Waals surface area contributed by atoms with Crippen LogP contribution in [0, 0.1) is 5.92 Å². The van der Waals surface area contributed by atoms with Crippen LogP contribution in [-0.4, -0.2) is 18.1 Å². The fourth-order valence-corrected chi connectivity index (χ4v) is 7.00. The Morgan fingerprint density at radius 3 is 2.20 bits per heavy atom. The normalized spacial score (nSPS) is 13.8. The highest BCUT2D eigenvalue weighted by molar-refractivity contribution is 6.75. The first-order valence-corrected chi connectivity index (χ1v) is 9.22. The molecule has 0 spiro atoms. The van der Waals surface area contributed by atoms with Crippen molar-refractivity contribution in [2.75, 3.05) is 0 Å². The van der Waals surface area contributed by atoms with Crippen LogP contribution in [0.3, 0.4) is 0 Å². The van der Waals surface area contributed by atoms with E-state index in [4.69, 9.17) is 4.12 Å². The van der Waals surface area contributed by atoms with Crippen molar-refractivity contribution < 1.29 is 4.12 Å². The van der Waals surface area contributed by atoms with E-state index in [-0.39, 0.29) is 9.76 Å². The molecule has 0 radical (unpaired) electrons. The first kappa shape index (κ1) is 10.4. The van der Waals surface area contributed by atoms with Crippen LogP contribution in [0.5, 0.6) is 0 Å². The van der Waals surface area contributed by atoms with Crippen molar-refractivity contribution in [1.29, 1.82) is 0 Å². The van der Waals surface area contributed by atoms with Crippen LogP contribution in [0.1, 0.15) is 13.8 Å². The molecule has 0 fully saturated rings. The summed E-state index contributed by atoms with van der Waals surface area (Å²) in [7, 11) is -1.38. The molecule has 0 saturated heterocycles. The van der Waals surface area contributed by atoms with E-state index in [1.54, 1.807) is 0 Å². The molecule has 0 bridgehead atoms. The molecular formula is C7H20OSi2. The third-order valence-corrected chi connectivity index (χ3v) is 7.52. The average molecular weight is 176 g/mol. The van der Waals surface area contributed by atoms with Crippen LogP contribution in [-0.2, 0) is 4.12 Å². The lowest BCUT2D eigenvalue weighted by molar-refractivity contribution is 0.562. The Morgan fingerprint density at radius 2 is 1.90 bits per heavy atom. The van der Waals surface area contributed by atoms with Gasteiger partial charge in [0.2, 0.25) is 0 Å².